The Hall–Kier alpha value is -4.50. The Labute approximate surface area is 265 Å². The summed E-state index contributed by atoms with van der Waals surface area (Å²) in [6, 6.07) is 7.47. The molecule has 0 bridgehead atoms. The molecule has 0 spiro atoms. The lowest BCUT2D eigenvalue weighted by Crippen LogP contribution is -2.55. The first kappa shape index (κ1) is 34.4. The molecule has 2 aromatic rings. The van der Waals surface area contributed by atoms with Gasteiger partial charge in [0.2, 0.25) is 12.2 Å². The second-order valence-corrected chi connectivity index (χ2v) is 13.5. The van der Waals surface area contributed by atoms with Crippen molar-refractivity contribution in [3.63, 3.8) is 0 Å². The fourth-order valence-electron chi connectivity index (χ4n) is 5.57. The number of rotatable bonds is 11. The van der Waals surface area contributed by atoms with Crippen molar-refractivity contribution in [3.05, 3.63) is 53.1 Å². The number of carboxylic acid groups (broad SMARTS) is 1. The van der Waals surface area contributed by atoms with Crippen LogP contribution >= 0.6 is 0 Å². The zero-order valence-corrected chi connectivity index (χ0v) is 27.0. The highest BCUT2D eigenvalue weighted by Crippen LogP contribution is 2.41. The minimum absolute atomic E-state index is 0.0114. The van der Waals surface area contributed by atoms with Gasteiger partial charge in [0.15, 0.2) is 17.6 Å². The van der Waals surface area contributed by atoms with E-state index in [0.717, 1.165) is 11.2 Å². The number of benzene rings is 2. The van der Waals surface area contributed by atoms with Gasteiger partial charge in [0.25, 0.3) is 11.8 Å². The minimum Gasteiger partial charge on any atom is -0.490 e. The minimum atomic E-state index is -3.77. The average molecular weight is 661 g/mol. The molecule has 0 unspecified atom stereocenters. The molecule has 46 heavy (non-hydrogen) atoms. The van der Waals surface area contributed by atoms with Crippen molar-refractivity contribution in [2.45, 2.75) is 59.2 Å². The van der Waals surface area contributed by atoms with Crippen LogP contribution < -0.4 is 14.8 Å². The summed E-state index contributed by atoms with van der Waals surface area (Å²) in [4.78, 5) is 63.5. The number of imide groups is 1. The molecule has 3 amide bonds. The van der Waals surface area contributed by atoms with E-state index in [1.165, 1.54) is 50.2 Å². The van der Waals surface area contributed by atoms with Crippen LogP contribution in [-0.2, 0) is 33.7 Å². The number of ether oxygens (including phenoxy) is 4. The predicted molar refractivity (Wildman–Crippen MR) is 162 cm³/mol. The highest BCUT2D eigenvalue weighted by Gasteiger charge is 2.48. The van der Waals surface area contributed by atoms with Crippen LogP contribution in [-0.4, -0.2) is 85.2 Å². The van der Waals surface area contributed by atoms with Crippen LogP contribution in [0.4, 0.5) is 5.69 Å². The van der Waals surface area contributed by atoms with Gasteiger partial charge in [0.05, 0.1) is 35.2 Å². The number of fused-ring (bicyclic) bond motifs is 1. The molecular formula is C31H36N2O12S. The molecule has 2 N–H and O–H groups in total. The standard InChI is InChI=1S/C31H36N2O12S/c1-7-42-24-13-19(11-12-23(24)44-31-16(3)15(2)26(43-18(5)35)27(45-31)30(38)39)22(14-46(6,40)41)33-28(36)20-9-8-10-21(32-17(4)34)25(20)29(33)37/h8-13,15-16,22,26-27,31H,7,14H2,1-6H3,(H,32,34)(H,38,39)/t15-,16-,22-,26+,27+,31-/m1/s1. The molecule has 0 aliphatic carbocycles. The van der Waals surface area contributed by atoms with Gasteiger partial charge < -0.3 is 29.4 Å². The molecule has 248 valence electrons. The number of hydrogen-bond acceptors (Lipinski definition) is 11. The van der Waals surface area contributed by atoms with E-state index in [9.17, 15) is 37.5 Å². The van der Waals surface area contributed by atoms with Crippen molar-refractivity contribution in [1.82, 2.24) is 4.90 Å². The molecule has 2 aliphatic rings. The summed E-state index contributed by atoms with van der Waals surface area (Å²) in [6.07, 6.45) is -2.69. The second kappa shape index (κ2) is 13.5. The second-order valence-electron chi connectivity index (χ2n) is 11.3. The molecule has 4 rings (SSSR count). The SMILES string of the molecule is CCOc1cc([C@@H](CS(C)(=O)=O)N2C(=O)c3cccc(NC(C)=O)c3C2=O)ccc1O[C@@H]1O[C@H](C(=O)O)[C@@H](OC(C)=O)[C@H](C)[C@H]1C. The molecule has 2 aromatic carbocycles. The number of nitrogens with one attached hydrogen (secondary N) is 1. The summed E-state index contributed by atoms with van der Waals surface area (Å²) >= 11 is 0. The Bertz CT molecular complexity index is 1670. The van der Waals surface area contributed by atoms with Gasteiger partial charge in [-0.3, -0.25) is 24.1 Å². The van der Waals surface area contributed by atoms with E-state index < -0.39 is 81.6 Å². The molecule has 0 radical (unpaired) electrons. The monoisotopic (exact) mass is 660 g/mol. The maximum absolute atomic E-state index is 13.7. The summed E-state index contributed by atoms with van der Waals surface area (Å²) in [6.45, 7) is 7.74. The van der Waals surface area contributed by atoms with Gasteiger partial charge in [-0.05, 0) is 36.8 Å². The molecule has 2 heterocycles. The number of esters is 1. The van der Waals surface area contributed by atoms with Gasteiger partial charge in [-0.15, -0.1) is 0 Å². The van der Waals surface area contributed by atoms with Crippen molar-refractivity contribution < 1.29 is 56.4 Å². The Balaban J connectivity index is 1.72. The maximum Gasteiger partial charge on any atom is 0.336 e. The van der Waals surface area contributed by atoms with E-state index in [1.807, 2.05) is 0 Å². The van der Waals surface area contributed by atoms with Gasteiger partial charge in [-0.25, -0.2) is 13.2 Å². The third-order valence-corrected chi connectivity index (χ3v) is 8.75. The number of carboxylic acids is 1. The Morgan fingerprint density at radius 1 is 1.04 bits per heavy atom. The summed E-state index contributed by atoms with van der Waals surface area (Å²) < 4.78 is 48.1. The van der Waals surface area contributed by atoms with Gasteiger partial charge >= 0.3 is 11.9 Å². The fourth-order valence-corrected chi connectivity index (χ4v) is 6.49. The molecular weight excluding hydrogens is 624 g/mol. The highest BCUT2D eigenvalue weighted by molar-refractivity contribution is 7.90. The van der Waals surface area contributed by atoms with E-state index in [-0.39, 0.29) is 40.5 Å². The molecule has 1 fully saturated rings. The summed E-state index contributed by atoms with van der Waals surface area (Å²) in [5.74, 6) is -5.28. The zero-order valence-electron chi connectivity index (χ0n) is 26.1. The van der Waals surface area contributed by atoms with Gasteiger partial charge in [-0.1, -0.05) is 26.0 Å². The average Bonchev–Trinajstić information content (AvgIpc) is 3.21. The van der Waals surface area contributed by atoms with E-state index in [0.29, 0.717) is 0 Å². The zero-order chi connectivity index (χ0) is 34.1. The molecule has 6 atom stereocenters. The number of aliphatic carboxylic acids is 1. The third kappa shape index (κ3) is 7.15. The topological polar surface area (TPSA) is 192 Å². The molecule has 14 nitrogen and oxygen atoms in total. The number of amides is 3. The summed E-state index contributed by atoms with van der Waals surface area (Å²) in [5, 5.41) is 12.3. The molecule has 0 saturated carbocycles. The third-order valence-electron chi connectivity index (χ3n) is 7.83. The largest absolute Gasteiger partial charge is 0.490 e. The predicted octanol–water partition coefficient (Wildman–Crippen LogP) is 2.82. The molecule has 1 saturated heterocycles. The van der Waals surface area contributed by atoms with Crippen LogP contribution in [0.5, 0.6) is 11.5 Å². The van der Waals surface area contributed by atoms with Crippen molar-refractivity contribution in [3.8, 4) is 11.5 Å². The van der Waals surface area contributed by atoms with Crippen LogP contribution in [0.25, 0.3) is 0 Å². The van der Waals surface area contributed by atoms with Gasteiger partial charge in [-0.2, -0.15) is 0 Å². The lowest BCUT2D eigenvalue weighted by molar-refractivity contribution is -0.242. The number of sulfone groups is 1. The van der Waals surface area contributed by atoms with Crippen LogP contribution in [0.1, 0.15) is 66.9 Å². The number of carbonyl (C=O) groups excluding carboxylic acids is 4. The number of carbonyl (C=O) groups is 5. The first-order chi connectivity index (χ1) is 21.5. The quantitative estimate of drug-likeness (QED) is 0.265. The van der Waals surface area contributed by atoms with E-state index in [1.54, 1.807) is 20.8 Å². The number of hydrogen-bond donors (Lipinski definition) is 2. The number of nitrogens with zero attached hydrogens (tertiary/aromatic N) is 1. The Morgan fingerprint density at radius 3 is 2.33 bits per heavy atom. The molecule has 2 aliphatic heterocycles. The molecule has 0 aromatic heterocycles. The number of anilines is 1. The highest BCUT2D eigenvalue weighted by atomic mass is 32.2. The van der Waals surface area contributed by atoms with Crippen LogP contribution in [0.15, 0.2) is 36.4 Å². The maximum atomic E-state index is 13.7. The van der Waals surface area contributed by atoms with E-state index >= 15 is 0 Å². The summed E-state index contributed by atoms with van der Waals surface area (Å²) in [7, 11) is -3.77. The summed E-state index contributed by atoms with van der Waals surface area (Å²) in [5.41, 5.74) is 0.316. The molecule has 15 heteroatoms. The lowest BCUT2D eigenvalue weighted by Gasteiger charge is -2.42. The fraction of sp³-hybridized carbons (Fsp3) is 0.452. The smallest absolute Gasteiger partial charge is 0.336 e. The van der Waals surface area contributed by atoms with Crippen LogP contribution in [0, 0.1) is 11.8 Å². The van der Waals surface area contributed by atoms with Crippen molar-refractivity contribution in [2.75, 3.05) is 23.9 Å². The van der Waals surface area contributed by atoms with Crippen molar-refractivity contribution >= 4 is 45.2 Å². The normalized spacial score (nSPS) is 23.3. The Kier molecular flexibility index (Phi) is 10.1. The van der Waals surface area contributed by atoms with Crippen molar-refractivity contribution in [1.29, 1.82) is 0 Å². The van der Waals surface area contributed by atoms with Gasteiger partial charge in [0.1, 0.15) is 15.9 Å². The van der Waals surface area contributed by atoms with Gasteiger partial charge in [0, 0.05) is 31.9 Å². The lowest BCUT2D eigenvalue weighted by atomic mass is 9.84. The van der Waals surface area contributed by atoms with E-state index in [4.69, 9.17) is 18.9 Å². The first-order valence-corrected chi connectivity index (χ1v) is 16.5. The Morgan fingerprint density at radius 2 is 1.74 bits per heavy atom. The van der Waals surface area contributed by atoms with Crippen LogP contribution in [0.2, 0.25) is 0 Å². The van der Waals surface area contributed by atoms with Crippen LogP contribution in [0.3, 0.4) is 0 Å². The first-order valence-electron chi connectivity index (χ1n) is 14.5. The van der Waals surface area contributed by atoms with Crippen molar-refractivity contribution in [2.24, 2.45) is 11.8 Å². The van der Waals surface area contributed by atoms with E-state index in [2.05, 4.69) is 5.32 Å².